The van der Waals surface area contributed by atoms with Crippen molar-refractivity contribution in [1.29, 1.82) is 0 Å². The molecule has 0 heterocycles. The molecule has 0 aromatic heterocycles. The Morgan fingerprint density at radius 2 is 2.00 bits per heavy atom. The average molecular weight is 238 g/mol. The monoisotopic (exact) mass is 238 g/mol. The van der Waals surface area contributed by atoms with Gasteiger partial charge in [-0.25, -0.2) is 0 Å². The second-order valence-electron chi connectivity index (χ2n) is 3.82. The standard InChI is InChI=1S/C13H22N2S/c1-3-15(4-2)8-9-16-11-12-6-5-7-13(14)10-12/h5-7,10H,3-4,8-9,11,14H2,1-2H3. The van der Waals surface area contributed by atoms with Crippen LogP contribution in [0.4, 0.5) is 5.69 Å². The lowest BCUT2D eigenvalue weighted by Crippen LogP contribution is -2.25. The number of nitrogens with two attached hydrogens (primary N) is 1. The molecule has 2 N–H and O–H groups in total. The van der Waals surface area contributed by atoms with Gasteiger partial charge in [-0.1, -0.05) is 26.0 Å². The first-order valence-corrected chi connectivity index (χ1v) is 7.06. The minimum absolute atomic E-state index is 0.863. The van der Waals surface area contributed by atoms with E-state index in [4.69, 9.17) is 5.73 Å². The Morgan fingerprint density at radius 1 is 1.25 bits per heavy atom. The Kier molecular flexibility index (Phi) is 6.34. The van der Waals surface area contributed by atoms with Crippen molar-refractivity contribution in [3.8, 4) is 0 Å². The Bertz CT molecular complexity index is 298. The van der Waals surface area contributed by atoms with Crippen molar-refractivity contribution < 1.29 is 0 Å². The van der Waals surface area contributed by atoms with Crippen molar-refractivity contribution in [2.75, 3.05) is 31.1 Å². The molecule has 0 bridgehead atoms. The summed E-state index contributed by atoms with van der Waals surface area (Å²) in [4.78, 5) is 2.45. The number of rotatable bonds is 7. The maximum atomic E-state index is 5.74. The minimum atomic E-state index is 0.863. The molecule has 0 saturated heterocycles. The molecule has 0 aliphatic rings. The average Bonchev–Trinajstić information content (AvgIpc) is 2.29. The van der Waals surface area contributed by atoms with Crippen molar-refractivity contribution in [3.63, 3.8) is 0 Å². The SMILES string of the molecule is CCN(CC)CCSCc1cccc(N)c1. The van der Waals surface area contributed by atoms with Gasteiger partial charge in [0.25, 0.3) is 0 Å². The number of hydrogen-bond acceptors (Lipinski definition) is 3. The lowest BCUT2D eigenvalue weighted by atomic mass is 10.2. The van der Waals surface area contributed by atoms with Gasteiger partial charge in [0.1, 0.15) is 0 Å². The van der Waals surface area contributed by atoms with Crippen molar-refractivity contribution >= 4 is 17.4 Å². The third-order valence-corrected chi connectivity index (χ3v) is 3.67. The smallest absolute Gasteiger partial charge is 0.0317 e. The Hall–Kier alpha value is -0.670. The van der Waals surface area contributed by atoms with Crippen LogP contribution in [0, 0.1) is 0 Å². The van der Waals surface area contributed by atoms with Crippen LogP contribution in [0.1, 0.15) is 19.4 Å². The molecule has 0 aliphatic heterocycles. The summed E-state index contributed by atoms with van der Waals surface area (Å²) >= 11 is 1.98. The molecule has 0 unspecified atom stereocenters. The summed E-state index contributed by atoms with van der Waals surface area (Å²) in [6.07, 6.45) is 0. The third kappa shape index (κ3) is 4.90. The molecular weight excluding hydrogens is 216 g/mol. The molecule has 2 nitrogen and oxygen atoms in total. The number of nitrogens with zero attached hydrogens (tertiary/aromatic N) is 1. The zero-order valence-electron chi connectivity index (χ0n) is 10.3. The van der Waals surface area contributed by atoms with Crippen LogP contribution in [0.15, 0.2) is 24.3 Å². The fraction of sp³-hybridized carbons (Fsp3) is 0.538. The summed E-state index contributed by atoms with van der Waals surface area (Å²) in [6.45, 7) is 7.91. The molecule has 0 spiro atoms. The number of hydrogen-bond donors (Lipinski definition) is 1. The molecule has 0 radical (unpaired) electrons. The maximum absolute atomic E-state index is 5.74. The fourth-order valence-corrected chi connectivity index (χ4v) is 2.55. The van der Waals surface area contributed by atoms with E-state index in [0.717, 1.165) is 24.5 Å². The van der Waals surface area contributed by atoms with Gasteiger partial charge in [0.15, 0.2) is 0 Å². The molecule has 0 fully saturated rings. The largest absolute Gasteiger partial charge is 0.399 e. The van der Waals surface area contributed by atoms with Crippen molar-refractivity contribution in [2.45, 2.75) is 19.6 Å². The van der Waals surface area contributed by atoms with E-state index in [1.807, 2.05) is 23.9 Å². The minimum Gasteiger partial charge on any atom is -0.399 e. The van der Waals surface area contributed by atoms with Crippen molar-refractivity contribution in [3.05, 3.63) is 29.8 Å². The van der Waals surface area contributed by atoms with Crippen LogP contribution in [0.5, 0.6) is 0 Å². The molecule has 0 amide bonds. The van der Waals surface area contributed by atoms with Crippen molar-refractivity contribution in [2.24, 2.45) is 0 Å². The van der Waals surface area contributed by atoms with Crippen LogP contribution >= 0.6 is 11.8 Å². The lowest BCUT2D eigenvalue weighted by Gasteiger charge is -2.17. The summed E-state index contributed by atoms with van der Waals surface area (Å²) in [5, 5.41) is 0. The molecule has 1 aromatic carbocycles. The van der Waals surface area contributed by atoms with E-state index in [0.29, 0.717) is 0 Å². The first-order valence-electron chi connectivity index (χ1n) is 5.90. The Morgan fingerprint density at radius 3 is 2.62 bits per heavy atom. The van der Waals surface area contributed by atoms with E-state index in [9.17, 15) is 0 Å². The summed E-state index contributed by atoms with van der Waals surface area (Å²) < 4.78 is 0. The highest BCUT2D eigenvalue weighted by atomic mass is 32.2. The zero-order chi connectivity index (χ0) is 11.8. The highest BCUT2D eigenvalue weighted by molar-refractivity contribution is 7.98. The van der Waals surface area contributed by atoms with Gasteiger partial charge in [-0.05, 0) is 30.8 Å². The number of thioether (sulfide) groups is 1. The predicted octanol–water partition coefficient (Wildman–Crippen LogP) is 2.84. The van der Waals surface area contributed by atoms with Crippen LogP contribution in [0.2, 0.25) is 0 Å². The summed E-state index contributed by atoms with van der Waals surface area (Å²) in [6, 6.07) is 8.16. The third-order valence-electron chi connectivity index (χ3n) is 2.67. The van der Waals surface area contributed by atoms with Crippen molar-refractivity contribution in [1.82, 2.24) is 4.90 Å². The van der Waals surface area contributed by atoms with Gasteiger partial charge in [-0.15, -0.1) is 0 Å². The molecule has 0 saturated carbocycles. The van der Waals surface area contributed by atoms with Gasteiger partial charge in [-0.3, -0.25) is 0 Å². The fourth-order valence-electron chi connectivity index (χ4n) is 1.61. The second kappa shape index (κ2) is 7.58. The van der Waals surface area contributed by atoms with Gasteiger partial charge < -0.3 is 10.6 Å². The molecule has 3 heteroatoms. The summed E-state index contributed by atoms with van der Waals surface area (Å²) in [5.41, 5.74) is 7.92. The number of nitrogen functional groups attached to an aromatic ring is 1. The van der Waals surface area contributed by atoms with Gasteiger partial charge in [0.05, 0.1) is 0 Å². The topological polar surface area (TPSA) is 29.3 Å². The molecule has 0 atom stereocenters. The lowest BCUT2D eigenvalue weighted by molar-refractivity contribution is 0.324. The Balaban J connectivity index is 2.20. The maximum Gasteiger partial charge on any atom is 0.0317 e. The molecule has 16 heavy (non-hydrogen) atoms. The Labute approximate surface area is 103 Å². The highest BCUT2D eigenvalue weighted by Crippen LogP contribution is 2.14. The zero-order valence-corrected chi connectivity index (χ0v) is 11.1. The van der Waals surface area contributed by atoms with Gasteiger partial charge in [-0.2, -0.15) is 11.8 Å². The molecule has 1 rings (SSSR count). The van der Waals surface area contributed by atoms with E-state index in [1.165, 1.54) is 17.9 Å². The van der Waals surface area contributed by atoms with Crippen LogP contribution in [0.25, 0.3) is 0 Å². The number of benzene rings is 1. The number of anilines is 1. The first kappa shape index (κ1) is 13.4. The summed E-state index contributed by atoms with van der Waals surface area (Å²) in [7, 11) is 0. The van der Waals surface area contributed by atoms with Gasteiger partial charge in [0.2, 0.25) is 0 Å². The molecular formula is C13H22N2S. The quantitative estimate of drug-likeness (QED) is 0.585. The van der Waals surface area contributed by atoms with Gasteiger partial charge in [0, 0.05) is 23.7 Å². The molecule has 1 aromatic rings. The van der Waals surface area contributed by atoms with E-state index < -0.39 is 0 Å². The molecule has 90 valence electrons. The van der Waals surface area contributed by atoms with E-state index >= 15 is 0 Å². The van der Waals surface area contributed by atoms with E-state index in [2.05, 4.69) is 30.9 Å². The normalized spacial score (nSPS) is 10.9. The second-order valence-corrected chi connectivity index (χ2v) is 4.93. The first-order chi connectivity index (χ1) is 7.76. The predicted molar refractivity (Wildman–Crippen MR) is 74.8 cm³/mol. The summed E-state index contributed by atoms with van der Waals surface area (Å²) in [5.74, 6) is 2.25. The van der Waals surface area contributed by atoms with Crippen LogP contribution in [-0.2, 0) is 5.75 Å². The van der Waals surface area contributed by atoms with E-state index in [1.54, 1.807) is 0 Å². The van der Waals surface area contributed by atoms with Crippen LogP contribution < -0.4 is 5.73 Å². The molecule has 0 aliphatic carbocycles. The van der Waals surface area contributed by atoms with Crippen LogP contribution in [-0.4, -0.2) is 30.3 Å². The van der Waals surface area contributed by atoms with Crippen LogP contribution in [0.3, 0.4) is 0 Å². The van der Waals surface area contributed by atoms with E-state index in [-0.39, 0.29) is 0 Å². The van der Waals surface area contributed by atoms with Gasteiger partial charge >= 0.3 is 0 Å². The highest BCUT2D eigenvalue weighted by Gasteiger charge is 1.99.